The number of methoxy groups -OCH3 is 2. The van der Waals surface area contributed by atoms with Gasteiger partial charge in [-0.1, -0.05) is 32.0 Å². The maximum atomic E-state index is 5.42. The number of aromatic nitrogens is 2. The average Bonchev–Trinajstić information content (AvgIpc) is 2.94. The van der Waals surface area contributed by atoms with E-state index in [2.05, 4.69) is 53.7 Å². The summed E-state index contributed by atoms with van der Waals surface area (Å²) >= 11 is 0. The third-order valence-corrected chi connectivity index (χ3v) is 4.08. The van der Waals surface area contributed by atoms with Gasteiger partial charge in [0.25, 0.3) is 5.82 Å². The standard InChI is InChI=1S/C19H22N2O2/c1-13(2)19-20-15-7-5-6-8-16(15)21(19)12-14-9-10-17(22-3)18(11-14)23-4/h5-11,13H,12H2,1-4H3/p+1. The number of ether oxygens (including phenoxy) is 2. The zero-order valence-electron chi connectivity index (χ0n) is 14.1. The fraction of sp³-hybridized carbons (Fsp3) is 0.316. The van der Waals surface area contributed by atoms with Crippen molar-refractivity contribution in [1.29, 1.82) is 0 Å². The molecule has 0 aliphatic carbocycles. The van der Waals surface area contributed by atoms with Gasteiger partial charge in [-0.05, 0) is 29.8 Å². The van der Waals surface area contributed by atoms with Crippen LogP contribution < -0.4 is 14.0 Å². The molecule has 0 aliphatic heterocycles. The Balaban J connectivity index is 2.06. The molecule has 1 heterocycles. The molecule has 2 aromatic carbocycles. The average molecular weight is 311 g/mol. The first-order valence-electron chi connectivity index (χ1n) is 7.85. The SMILES string of the molecule is COc1ccc(C[n+]2c(C(C)C)[nH]c3ccccc32)cc1OC. The van der Waals surface area contributed by atoms with E-state index >= 15 is 0 Å². The predicted octanol–water partition coefficient (Wildman–Crippen LogP) is 3.64. The first-order valence-corrected chi connectivity index (χ1v) is 7.85. The summed E-state index contributed by atoms with van der Waals surface area (Å²) in [4.78, 5) is 3.54. The molecule has 0 radical (unpaired) electrons. The van der Waals surface area contributed by atoms with E-state index in [-0.39, 0.29) is 0 Å². The maximum Gasteiger partial charge on any atom is 0.258 e. The highest BCUT2D eigenvalue weighted by atomic mass is 16.5. The molecule has 0 unspecified atom stereocenters. The number of hydrogen-bond donors (Lipinski definition) is 1. The van der Waals surface area contributed by atoms with Crippen molar-refractivity contribution in [3.8, 4) is 11.5 Å². The van der Waals surface area contributed by atoms with Gasteiger partial charge in [0, 0.05) is 0 Å². The summed E-state index contributed by atoms with van der Waals surface area (Å²) in [7, 11) is 3.32. The summed E-state index contributed by atoms with van der Waals surface area (Å²) in [6, 6.07) is 14.5. The van der Waals surface area contributed by atoms with Crippen molar-refractivity contribution in [2.24, 2.45) is 0 Å². The van der Waals surface area contributed by atoms with Crippen LogP contribution in [0.3, 0.4) is 0 Å². The fourth-order valence-electron chi connectivity index (χ4n) is 2.94. The molecule has 3 rings (SSSR count). The van der Waals surface area contributed by atoms with E-state index in [1.807, 2.05) is 12.1 Å². The third kappa shape index (κ3) is 2.89. The van der Waals surface area contributed by atoms with Crippen LogP contribution in [-0.2, 0) is 6.54 Å². The molecule has 120 valence electrons. The molecule has 1 aromatic heterocycles. The van der Waals surface area contributed by atoms with Crippen LogP contribution in [0.5, 0.6) is 11.5 Å². The van der Waals surface area contributed by atoms with Gasteiger partial charge < -0.3 is 9.47 Å². The lowest BCUT2D eigenvalue weighted by Gasteiger charge is -2.10. The Hall–Kier alpha value is -2.49. The first-order chi connectivity index (χ1) is 11.1. The van der Waals surface area contributed by atoms with Gasteiger partial charge in [-0.25, -0.2) is 9.55 Å². The van der Waals surface area contributed by atoms with Crippen molar-refractivity contribution in [2.45, 2.75) is 26.3 Å². The second kappa shape index (κ2) is 6.32. The number of nitrogens with zero attached hydrogens (tertiary/aromatic N) is 1. The summed E-state index contributed by atoms with van der Waals surface area (Å²) in [5, 5.41) is 0. The largest absolute Gasteiger partial charge is 0.493 e. The van der Waals surface area contributed by atoms with Crippen molar-refractivity contribution in [3.05, 3.63) is 53.9 Å². The second-order valence-corrected chi connectivity index (χ2v) is 5.96. The van der Waals surface area contributed by atoms with E-state index in [9.17, 15) is 0 Å². The molecular weight excluding hydrogens is 288 g/mol. The van der Waals surface area contributed by atoms with E-state index in [0.717, 1.165) is 23.6 Å². The Kier molecular flexibility index (Phi) is 4.24. The van der Waals surface area contributed by atoms with Gasteiger partial charge in [-0.3, -0.25) is 0 Å². The van der Waals surface area contributed by atoms with Crippen LogP contribution in [-0.4, -0.2) is 19.2 Å². The Morgan fingerprint density at radius 2 is 1.74 bits per heavy atom. The minimum Gasteiger partial charge on any atom is -0.493 e. The van der Waals surface area contributed by atoms with Crippen LogP contribution in [0.4, 0.5) is 0 Å². The minimum absolute atomic E-state index is 0.419. The van der Waals surface area contributed by atoms with Gasteiger partial charge in [0.05, 0.1) is 20.1 Å². The fourth-order valence-corrected chi connectivity index (χ4v) is 2.94. The van der Waals surface area contributed by atoms with E-state index in [1.165, 1.54) is 16.9 Å². The Bertz CT molecular complexity index is 821. The van der Waals surface area contributed by atoms with Crippen molar-refractivity contribution in [2.75, 3.05) is 14.2 Å². The summed E-state index contributed by atoms with van der Waals surface area (Å²) < 4.78 is 13.1. The monoisotopic (exact) mass is 311 g/mol. The molecular formula is C19H23N2O2+. The van der Waals surface area contributed by atoms with Crippen molar-refractivity contribution in [1.82, 2.24) is 4.98 Å². The lowest BCUT2D eigenvalue weighted by molar-refractivity contribution is -0.671. The van der Waals surface area contributed by atoms with Gasteiger partial charge in [-0.2, -0.15) is 0 Å². The molecule has 0 atom stereocenters. The molecule has 4 heteroatoms. The Morgan fingerprint density at radius 3 is 2.43 bits per heavy atom. The van der Waals surface area contributed by atoms with Crippen LogP contribution in [0.15, 0.2) is 42.5 Å². The van der Waals surface area contributed by atoms with Crippen LogP contribution >= 0.6 is 0 Å². The number of para-hydroxylation sites is 2. The normalized spacial score (nSPS) is 11.2. The van der Waals surface area contributed by atoms with E-state index in [4.69, 9.17) is 9.47 Å². The van der Waals surface area contributed by atoms with Crippen molar-refractivity contribution >= 4 is 11.0 Å². The van der Waals surface area contributed by atoms with Crippen LogP contribution in [0, 0.1) is 0 Å². The van der Waals surface area contributed by atoms with E-state index in [0.29, 0.717) is 5.92 Å². The number of fused-ring (bicyclic) bond motifs is 1. The highest BCUT2D eigenvalue weighted by Crippen LogP contribution is 2.27. The van der Waals surface area contributed by atoms with E-state index in [1.54, 1.807) is 14.2 Å². The lowest BCUT2D eigenvalue weighted by atomic mass is 10.1. The number of benzene rings is 2. The number of rotatable bonds is 5. The van der Waals surface area contributed by atoms with Gasteiger partial charge in [-0.15, -0.1) is 0 Å². The zero-order chi connectivity index (χ0) is 16.4. The lowest BCUT2D eigenvalue weighted by Crippen LogP contribution is -2.38. The number of hydrogen-bond acceptors (Lipinski definition) is 2. The molecule has 0 fully saturated rings. The molecule has 0 amide bonds. The topological polar surface area (TPSA) is 38.1 Å². The molecule has 0 aliphatic rings. The number of nitrogens with one attached hydrogen (secondary N) is 1. The molecule has 0 spiro atoms. The van der Waals surface area contributed by atoms with Crippen LogP contribution in [0.25, 0.3) is 11.0 Å². The van der Waals surface area contributed by atoms with Gasteiger partial charge >= 0.3 is 0 Å². The van der Waals surface area contributed by atoms with Gasteiger partial charge in [0.2, 0.25) is 0 Å². The Morgan fingerprint density at radius 1 is 1.00 bits per heavy atom. The molecule has 0 saturated heterocycles. The van der Waals surface area contributed by atoms with Crippen LogP contribution in [0.2, 0.25) is 0 Å². The third-order valence-electron chi connectivity index (χ3n) is 4.08. The summed E-state index contributed by atoms with van der Waals surface area (Å²) in [6.45, 7) is 5.20. The Labute approximate surface area is 136 Å². The summed E-state index contributed by atoms with van der Waals surface area (Å²) in [5.41, 5.74) is 3.56. The molecule has 0 bridgehead atoms. The molecule has 4 nitrogen and oxygen atoms in total. The van der Waals surface area contributed by atoms with Crippen LogP contribution in [0.1, 0.15) is 31.2 Å². The number of imidazole rings is 1. The number of H-pyrrole nitrogens is 1. The van der Waals surface area contributed by atoms with Gasteiger partial charge in [0.1, 0.15) is 6.54 Å². The smallest absolute Gasteiger partial charge is 0.258 e. The number of aromatic amines is 1. The highest BCUT2D eigenvalue weighted by molar-refractivity contribution is 5.71. The molecule has 0 saturated carbocycles. The van der Waals surface area contributed by atoms with Crippen molar-refractivity contribution in [3.63, 3.8) is 0 Å². The second-order valence-electron chi connectivity index (χ2n) is 5.96. The predicted molar refractivity (Wildman–Crippen MR) is 91.2 cm³/mol. The van der Waals surface area contributed by atoms with Crippen molar-refractivity contribution < 1.29 is 14.0 Å². The minimum atomic E-state index is 0.419. The van der Waals surface area contributed by atoms with E-state index < -0.39 is 0 Å². The highest BCUT2D eigenvalue weighted by Gasteiger charge is 2.21. The zero-order valence-corrected chi connectivity index (χ0v) is 14.1. The summed E-state index contributed by atoms with van der Waals surface area (Å²) in [5.74, 6) is 3.16. The molecule has 23 heavy (non-hydrogen) atoms. The summed E-state index contributed by atoms with van der Waals surface area (Å²) in [6.07, 6.45) is 0. The molecule has 1 N–H and O–H groups in total. The quantitative estimate of drug-likeness (QED) is 0.731. The van der Waals surface area contributed by atoms with Gasteiger partial charge in [0.15, 0.2) is 22.5 Å². The first kappa shape index (κ1) is 15.4. The molecule has 3 aromatic rings. The maximum absolute atomic E-state index is 5.42.